The van der Waals surface area contributed by atoms with E-state index in [4.69, 9.17) is 0 Å². The van der Waals surface area contributed by atoms with Crippen molar-refractivity contribution in [2.24, 2.45) is 0 Å². The molecule has 0 saturated carbocycles. The molecule has 2 N–H and O–H groups in total. The Morgan fingerprint density at radius 1 is 0.958 bits per heavy atom. The first kappa shape index (κ1) is 16.1. The molecule has 0 aliphatic heterocycles. The van der Waals surface area contributed by atoms with E-state index in [1.807, 2.05) is 49.4 Å². The van der Waals surface area contributed by atoms with E-state index in [0.717, 1.165) is 15.7 Å². The van der Waals surface area contributed by atoms with Crippen LogP contribution in [0.4, 0.5) is 17.3 Å². The summed E-state index contributed by atoms with van der Waals surface area (Å²) in [6.07, 6.45) is 0. The predicted octanol–water partition coefficient (Wildman–Crippen LogP) is 4.54. The Labute approximate surface area is 148 Å². The first-order chi connectivity index (χ1) is 11.6. The van der Waals surface area contributed by atoms with Crippen LogP contribution in [-0.4, -0.2) is 16.1 Å². The minimum absolute atomic E-state index is 0.199. The average Bonchev–Trinajstić information content (AvgIpc) is 2.57. The number of rotatable bonds is 4. The fourth-order valence-corrected chi connectivity index (χ4v) is 2.59. The lowest BCUT2D eigenvalue weighted by Crippen LogP contribution is -2.14. The van der Waals surface area contributed by atoms with Gasteiger partial charge in [-0.3, -0.25) is 4.79 Å². The van der Waals surface area contributed by atoms with Crippen LogP contribution in [0.1, 0.15) is 15.9 Å². The number of hydrogen-bond acceptors (Lipinski definition) is 4. The molecular weight excluding hydrogens is 368 g/mol. The van der Waals surface area contributed by atoms with Crippen LogP contribution in [0.5, 0.6) is 0 Å². The molecule has 1 heterocycles. The van der Waals surface area contributed by atoms with E-state index in [1.54, 1.807) is 18.2 Å². The third-order valence-electron chi connectivity index (χ3n) is 3.39. The van der Waals surface area contributed by atoms with E-state index in [1.165, 1.54) is 0 Å². The van der Waals surface area contributed by atoms with Gasteiger partial charge in [-0.1, -0.05) is 40.2 Å². The van der Waals surface area contributed by atoms with E-state index in [-0.39, 0.29) is 5.91 Å². The number of aryl methyl sites for hydroxylation is 1. The van der Waals surface area contributed by atoms with Crippen LogP contribution in [-0.2, 0) is 0 Å². The van der Waals surface area contributed by atoms with E-state index in [9.17, 15) is 4.79 Å². The van der Waals surface area contributed by atoms with Gasteiger partial charge in [0.05, 0.1) is 0 Å². The second-order valence-corrected chi connectivity index (χ2v) is 6.12. The highest BCUT2D eigenvalue weighted by atomic mass is 79.9. The lowest BCUT2D eigenvalue weighted by atomic mass is 10.1. The van der Waals surface area contributed by atoms with E-state index in [2.05, 4.69) is 36.8 Å². The molecule has 1 aromatic heterocycles. The second kappa shape index (κ2) is 7.23. The zero-order valence-corrected chi connectivity index (χ0v) is 14.5. The molecule has 0 aliphatic rings. The standard InChI is InChI=1S/C18H15BrN4O/c1-12-5-2-3-8-15(12)18(24)21-17-10-9-16(22-23-17)20-14-7-4-6-13(19)11-14/h2-11H,1H3,(H,20,22)(H,21,23,24). The Morgan fingerprint density at radius 2 is 1.71 bits per heavy atom. The molecule has 6 heteroatoms. The maximum atomic E-state index is 12.2. The highest BCUT2D eigenvalue weighted by Crippen LogP contribution is 2.19. The predicted molar refractivity (Wildman–Crippen MR) is 98.6 cm³/mol. The number of aromatic nitrogens is 2. The molecule has 0 saturated heterocycles. The van der Waals surface area contributed by atoms with Gasteiger partial charge in [0.2, 0.25) is 0 Å². The zero-order chi connectivity index (χ0) is 16.9. The lowest BCUT2D eigenvalue weighted by molar-refractivity contribution is 0.102. The Hall–Kier alpha value is -2.73. The Morgan fingerprint density at radius 3 is 2.42 bits per heavy atom. The first-order valence-corrected chi connectivity index (χ1v) is 8.14. The van der Waals surface area contributed by atoms with Crippen molar-refractivity contribution >= 4 is 39.2 Å². The van der Waals surface area contributed by atoms with Gasteiger partial charge in [0.25, 0.3) is 5.91 Å². The molecule has 0 fully saturated rings. The number of carbonyl (C=O) groups excluding carboxylic acids is 1. The topological polar surface area (TPSA) is 66.9 Å². The maximum Gasteiger partial charge on any atom is 0.257 e. The summed E-state index contributed by atoms with van der Waals surface area (Å²) >= 11 is 3.42. The first-order valence-electron chi connectivity index (χ1n) is 7.35. The summed E-state index contributed by atoms with van der Waals surface area (Å²) in [5, 5.41) is 14.0. The molecule has 0 spiro atoms. The van der Waals surface area contributed by atoms with Gasteiger partial charge in [0, 0.05) is 15.7 Å². The normalized spacial score (nSPS) is 10.2. The maximum absolute atomic E-state index is 12.2. The molecule has 0 aliphatic carbocycles. The summed E-state index contributed by atoms with van der Waals surface area (Å²) in [5.41, 5.74) is 2.43. The molecular formula is C18H15BrN4O. The van der Waals surface area contributed by atoms with Crippen LogP contribution < -0.4 is 10.6 Å². The zero-order valence-electron chi connectivity index (χ0n) is 13.0. The van der Waals surface area contributed by atoms with Gasteiger partial charge in [-0.25, -0.2) is 0 Å². The number of carbonyl (C=O) groups is 1. The summed E-state index contributed by atoms with van der Waals surface area (Å²) in [5.74, 6) is 0.806. The van der Waals surface area contributed by atoms with Crippen LogP contribution >= 0.6 is 15.9 Å². The van der Waals surface area contributed by atoms with Crippen LogP contribution in [0.3, 0.4) is 0 Å². The molecule has 3 aromatic rings. The quantitative estimate of drug-likeness (QED) is 0.694. The largest absolute Gasteiger partial charge is 0.339 e. The van der Waals surface area contributed by atoms with Gasteiger partial charge in [-0.2, -0.15) is 0 Å². The molecule has 120 valence electrons. The number of benzene rings is 2. The molecule has 0 unspecified atom stereocenters. The molecule has 24 heavy (non-hydrogen) atoms. The third kappa shape index (κ3) is 3.97. The van der Waals surface area contributed by atoms with Crippen LogP contribution in [0.15, 0.2) is 65.1 Å². The van der Waals surface area contributed by atoms with Crippen molar-refractivity contribution in [1.29, 1.82) is 0 Å². The third-order valence-corrected chi connectivity index (χ3v) is 3.89. The van der Waals surface area contributed by atoms with Gasteiger partial charge in [-0.15, -0.1) is 10.2 Å². The number of anilines is 3. The van der Waals surface area contributed by atoms with E-state index >= 15 is 0 Å². The van der Waals surface area contributed by atoms with Gasteiger partial charge in [0.1, 0.15) is 0 Å². The molecule has 5 nitrogen and oxygen atoms in total. The fraction of sp³-hybridized carbons (Fsp3) is 0.0556. The molecule has 2 aromatic carbocycles. The smallest absolute Gasteiger partial charge is 0.257 e. The SMILES string of the molecule is Cc1ccccc1C(=O)Nc1ccc(Nc2cccc(Br)c2)nn1. The minimum Gasteiger partial charge on any atom is -0.339 e. The molecule has 3 rings (SSSR count). The Balaban J connectivity index is 1.68. The summed E-state index contributed by atoms with van der Waals surface area (Å²) in [7, 11) is 0. The van der Waals surface area contributed by atoms with Crippen molar-refractivity contribution in [1.82, 2.24) is 10.2 Å². The summed E-state index contributed by atoms with van der Waals surface area (Å²) < 4.78 is 0.975. The highest BCUT2D eigenvalue weighted by Gasteiger charge is 2.09. The van der Waals surface area contributed by atoms with Crippen molar-refractivity contribution < 1.29 is 4.79 Å². The van der Waals surface area contributed by atoms with Crippen molar-refractivity contribution in [3.8, 4) is 0 Å². The number of halogens is 1. The second-order valence-electron chi connectivity index (χ2n) is 5.21. The molecule has 0 atom stereocenters. The lowest BCUT2D eigenvalue weighted by Gasteiger charge is -2.08. The Kier molecular flexibility index (Phi) is 4.86. The number of amides is 1. The van der Waals surface area contributed by atoms with E-state index < -0.39 is 0 Å². The van der Waals surface area contributed by atoms with Gasteiger partial charge in [0.15, 0.2) is 11.6 Å². The summed E-state index contributed by atoms with van der Waals surface area (Å²) in [6, 6.07) is 18.6. The van der Waals surface area contributed by atoms with Crippen LogP contribution in [0, 0.1) is 6.92 Å². The highest BCUT2D eigenvalue weighted by molar-refractivity contribution is 9.10. The van der Waals surface area contributed by atoms with Crippen molar-refractivity contribution in [3.63, 3.8) is 0 Å². The van der Waals surface area contributed by atoms with Crippen molar-refractivity contribution in [2.45, 2.75) is 6.92 Å². The average molecular weight is 383 g/mol. The Bertz CT molecular complexity index is 865. The van der Waals surface area contributed by atoms with Crippen molar-refractivity contribution in [3.05, 3.63) is 76.3 Å². The minimum atomic E-state index is -0.199. The number of nitrogens with zero attached hydrogens (tertiary/aromatic N) is 2. The monoisotopic (exact) mass is 382 g/mol. The molecule has 1 amide bonds. The van der Waals surface area contributed by atoms with Crippen LogP contribution in [0.25, 0.3) is 0 Å². The summed E-state index contributed by atoms with van der Waals surface area (Å²) in [6.45, 7) is 1.89. The number of hydrogen-bond donors (Lipinski definition) is 2. The van der Waals surface area contributed by atoms with Gasteiger partial charge >= 0.3 is 0 Å². The van der Waals surface area contributed by atoms with Crippen molar-refractivity contribution in [2.75, 3.05) is 10.6 Å². The molecule has 0 radical (unpaired) electrons. The fourth-order valence-electron chi connectivity index (χ4n) is 2.19. The van der Waals surface area contributed by atoms with Gasteiger partial charge in [-0.05, 0) is 48.9 Å². The number of nitrogens with one attached hydrogen (secondary N) is 2. The molecule has 0 bridgehead atoms. The van der Waals surface area contributed by atoms with Crippen LogP contribution in [0.2, 0.25) is 0 Å². The van der Waals surface area contributed by atoms with Gasteiger partial charge < -0.3 is 10.6 Å². The van der Waals surface area contributed by atoms with E-state index in [0.29, 0.717) is 17.2 Å². The summed E-state index contributed by atoms with van der Waals surface area (Å²) in [4.78, 5) is 12.2.